The van der Waals surface area contributed by atoms with E-state index in [-0.39, 0.29) is 5.91 Å². The zero-order valence-electron chi connectivity index (χ0n) is 15.4. The van der Waals surface area contributed by atoms with Crippen molar-refractivity contribution in [1.82, 2.24) is 4.98 Å². The fourth-order valence-electron chi connectivity index (χ4n) is 2.62. The summed E-state index contributed by atoms with van der Waals surface area (Å²) in [5.41, 5.74) is 2.94. The average molecular weight is 415 g/mol. The predicted octanol–water partition coefficient (Wildman–Crippen LogP) is 5.56. The number of para-hydroxylation sites is 1. The van der Waals surface area contributed by atoms with Crippen molar-refractivity contribution >= 4 is 51.4 Å². The second-order valence-corrected chi connectivity index (χ2v) is 7.42. The fraction of sp³-hybridized carbons (Fsp3) is 0.150. The highest BCUT2D eigenvalue weighted by atomic mass is 35.5. The first-order chi connectivity index (χ1) is 13.5. The lowest BCUT2D eigenvalue weighted by atomic mass is 10.1. The molecule has 2 aromatic carbocycles. The van der Waals surface area contributed by atoms with Gasteiger partial charge in [-0.2, -0.15) is 0 Å². The molecule has 0 bridgehead atoms. The molecule has 3 rings (SSSR count). The number of carbonyl (C=O) groups is 2. The highest BCUT2D eigenvalue weighted by Crippen LogP contribution is 2.25. The number of hydrogen-bond donors (Lipinski definition) is 3. The van der Waals surface area contributed by atoms with Crippen LogP contribution >= 0.6 is 22.9 Å². The van der Waals surface area contributed by atoms with Gasteiger partial charge < -0.3 is 10.6 Å². The van der Waals surface area contributed by atoms with Crippen molar-refractivity contribution in [3.05, 3.63) is 69.7 Å². The maximum absolute atomic E-state index is 12.6. The molecule has 0 spiro atoms. The second kappa shape index (κ2) is 8.86. The maximum Gasteiger partial charge on any atom is 0.325 e. The van der Waals surface area contributed by atoms with Crippen LogP contribution in [0.4, 0.5) is 21.3 Å². The molecule has 1 aromatic heterocycles. The molecule has 3 N–H and O–H groups in total. The fourth-order valence-corrected chi connectivity index (χ4v) is 3.66. The van der Waals surface area contributed by atoms with E-state index in [1.807, 2.05) is 31.2 Å². The van der Waals surface area contributed by atoms with E-state index in [4.69, 9.17) is 11.6 Å². The molecule has 0 fully saturated rings. The van der Waals surface area contributed by atoms with Gasteiger partial charge in [0.1, 0.15) is 4.88 Å². The number of anilines is 3. The summed E-state index contributed by atoms with van der Waals surface area (Å²) in [6.07, 6.45) is 0.814. The maximum atomic E-state index is 12.6. The molecule has 0 saturated heterocycles. The number of aryl methyl sites for hydroxylation is 2. The number of aromatic nitrogens is 1. The Hall–Kier alpha value is -2.90. The van der Waals surface area contributed by atoms with Gasteiger partial charge in [0.2, 0.25) is 0 Å². The van der Waals surface area contributed by atoms with Crippen LogP contribution in [-0.4, -0.2) is 16.9 Å². The van der Waals surface area contributed by atoms with Crippen LogP contribution in [0.1, 0.15) is 27.9 Å². The Balaban J connectivity index is 1.68. The molecule has 0 saturated carbocycles. The second-order valence-electron chi connectivity index (χ2n) is 5.99. The molecular formula is C20H19ClN4O2S. The largest absolute Gasteiger partial charge is 0.325 e. The number of benzene rings is 2. The van der Waals surface area contributed by atoms with E-state index in [0.717, 1.165) is 29.0 Å². The Kier molecular flexibility index (Phi) is 6.28. The van der Waals surface area contributed by atoms with Crippen LogP contribution in [0, 0.1) is 6.92 Å². The van der Waals surface area contributed by atoms with E-state index in [1.165, 1.54) is 0 Å². The smallest absolute Gasteiger partial charge is 0.321 e. The lowest BCUT2D eigenvalue weighted by Crippen LogP contribution is -2.19. The van der Waals surface area contributed by atoms with Crippen LogP contribution in [0.15, 0.2) is 48.5 Å². The van der Waals surface area contributed by atoms with Crippen LogP contribution in [0.3, 0.4) is 0 Å². The molecule has 8 heteroatoms. The first-order valence-corrected chi connectivity index (χ1v) is 9.86. The van der Waals surface area contributed by atoms with Crippen molar-refractivity contribution in [3.8, 4) is 0 Å². The molecule has 0 aliphatic rings. The number of thiazole rings is 1. The molecule has 1 heterocycles. The van der Waals surface area contributed by atoms with E-state index in [2.05, 4.69) is 20.9 Å². The molecular weight excluding hydrogens is 396 g/mol. The summed E-state index contributed by atoms with van der Waals surface area (Å²) >= 11 is 7.03. The first kappa shape index (κ1) is 19.9. The summed E-state index contributed by atoms with van der Waals surface area (Å²) in [4.78, 5) is 29.5. The van der Waals surface area contributed by atoms with E-state index in [0.29, 0.717) is 26.4 Å². The monoisotopic (exact) mass is 414 g/mol. The molecule has 0 atom stereocenters. The van der Waals surface area contributed by atoms with Gasteiger partial charge in [-0.25, -0.2) is 9.78 Å². The summed E-state index contributed by atoms with van der Waals surface area (Å²) in [5.74, 6) is -0.251. The van der Waals surface area contributed by atoms with E-state index in [9.17, 15) is 9.59 Å². The van der Waals surface area contributed by atoms with Crippen molar-refractivity contribution < 1.29 is 9.59 Å². The van der Waals surface area contributed by atoms with Gasteiger partial charge in [-0.3, -0.25) is 10.1 Å². The number of rotatable bonds is 5. The number of nitrogens with one attached hydrogen (secondary N) is 3. The Labute approximate surface area is 172 Å². The van der Waals surface area contributed by atoms with Crippen molar-refractivity contribution in [1.29, 1.82) is 0 Å². The summed E-state index contributed by atoms with van der Waals surface area (Å²) in [6, 6.07) is 14.0. The summed E-state index contributed by atoms with van der Waals surface area (Å²) in [5, 5.41) is 9.10. The molecule has 3 amide bonds. The molecule has 6 nitrogen and oxygen atoms in total. The third-order valence-corrected chi connectivity index (χ3v) is 5.26. The third kappa shape index (κ3) is 4.88. The van der Waals surface area contributed by atoms with E-state index in [1.54, 1.807) is 31.2 Å². The molecule has 0 unspecified atom stereocenters. The van der Waals surface area contributed by atoms with Crippen molar-refractivity contribution in [2.24, 2.45) is 0 Å². The molecule has 0 aliphatic carbocycles. The van der Waals surface area contributed by atoms with Crippen LogP contribution in [0.25, 0.3) is 0 Å². The Morgan fingerprint density at radius 2 is 1.86 bits per heavy atom. The Morgan fingerprint density at radius 1 is 1.07 bits per heavy atom. The highest BCUT2D eigenvalue weighted by Gasteiger charge is 2.17. The topological polar surface area (TPSA) is 83.1 Å². The number of hydrogen-bond acceptors (Lipinski definition) is 4. The SMILES string of the molecule is CCc1ccccc1NC(=O)c1sc(NC(=O)Nc2cccc(Cl)c2)nc1C. The first-order valence-electron chi connectivity index (χ1n) is 8.66. The van der Waals surface area contributed by atoms with E-state index < -0.39 is 6.03 Å². The molecule has 3 aromatic rings. The normalized spacial score (nSPS) is 10.4. The number of amides is 3. The van der Waals surface area contributed by atoms with Gasteiger partial charge in [-0.05, 0) is 43.2 Å². The number of urea groups is 1. The Bertz CT molecular complexity index is 1020. The number of nitrogens with zero attached hydrogens (tertiary/aromatic N) is 1. The average Bonchev–Trinajstić information content (AvgIpc) is 3.02. The molecule has 0 aliphatic heterocycles. The van der Waals surface area contributed by atoms with Crippen molar-refractivity contribution in [2.45, 2.75) is 20.3 Å². The van der Waals surface area contributed by atoms with Gasteiger partial charge in [0.05, 0.1) is 5.69 Å². The zero-order chi connectivity index (χ0) is 20.1. The molecule has 144 valence electrons. The minimum absolute atomic E-state index is 0.251. The van der Waals surface area contributed by atoms with Crippen molar-refractivity contribution in [3.63, 3.8) is 0 Å². The predicted molar refractivity (Wildman–Crippen MR) is 115 cm³/mol. The quantitative estimate of drug-likeness (QED) is 0.510. The van der Waals surface area contributed by atoms with Gasteiger partial charge in [0, 0.05) is 16.4 Å². The lowest BCUT2D eigenvalue weighted by Gasteiger charge is -2.08. The van der Waals surface area contributed by atoms with Crippen LogP contribution in [-0.2, 0) is 6.42 Å². The van der Waals surface area contributed by atoms with Gasteiger partial charge in [0.15, 0.2) is 5.13 Å². The standard InChI is InChI=1S/C20H19ClN4O2S/c1-3-13-7-4-5-10-16(13)24-18(26)17-12(2)22-20(28-17)25-19(27)23-15-9-6-8-14(21)11-15/h4-11H,3H2,1-2H3,(H,24,26)(H2,22,23,25,27). The minimum atomic E-state index is -0.459. The zero-order valence-corrected chi connectivity index (χ0v) is 16.9. The third-order valence-electron chi connectivity index (χ3n) is 3.95. The molecule has 0 radical (unpaired) electrons. The van der Waals surface area contributed by atoms with E-state index >= 15 is 0 Å². The summed E-state index contributed by atoms with van der Waals surface area (Å²) in [7, 11) is 0. The van der Waals surface area contributed by atoms with Crippen molar-refractivity contribution in [2.75, 3.05) is 16.0 Å². The van der Waals surface area contributed by atoms with Crippen LogP contribution < -0.4 is 16.0 Å². The van der Waals surface area contributed by atoms with Gasteiger partial charge >= 0.3 is 6.03 Å². The number of carbonyl (C=O) groups excluding carboxylic acids is 2. The Morgan fingerprint density at radius 3 is 2.61 bits per heavy atom. The van der Waals surface area contributed by atoms with Crippen LogP contribution in [0.5, 0.6) is 0 Å². The summed E-state index contributed by atoms with van der Waals surface area (Å²) in [6.45, 7) is 3.76. The van der Waals surface area contributed by atoms with Crippen LogP contribution in [0.2, 0.25) is 5.02 Å². The van der Waals surface area contributed by atoms with Gasteiger partial charge in [0.25, 0.3) is 5.91 Å². The number of halogens is 1. The lowest BCUT2D eigenvalue weighted by molar-refractivity contribution is 0.102. The van der Waals surface area contributed by atoms with Gasteiger partial charge in [-0.15, -0.1) is 0 Å². The molecule has 28 heavy (non-hydrogen) atoms. The van der Waals surface area contributed by atoms with Gasteiger partial charge in [-0.1, -0.05) is 54.1 Å². The highest BCUT2D eigenvalue weighted by molar-refractivity contribution is 7.17. The summed E-state index contributed by atoms with van der Waals surface area (Å²) < 4.78 is 0. The minimum Gasteiger partial charge on any atom is -0.321 e.